The van der Waals surface area contributed by atoms with E-state index >= 15 is 0 Å². The Balaban J connectivity index is 2.46. The third-order valence-corrected chi connectivity index (χ3v) is 3.14. The van der Waals surface area contributed by atoms with Gasteiger partial charge >= 0.3 is 0 Å². The number of hydrogen-bond donors (Lipinski definition) is 1. The first-order valence-corrected chi connectivity index (χ1v) is 6.34. The van der Waals surface area contributed by atoms with Crippen molar-refractivity contribution < 1.29 is 0 Å². The Labute approximate surface area is 98.1 Å². The van der Waals surface area contributed by atoms with Crippen LogP contribution in [-0.2, 0) is 6.42 Å². The summed E-state index contributed by atoms with van der Waals surface area (Å²) in [4.78, 5) is 14.9. The molecule has 0 aliphatic rings. The number of aromatic nitrogens is 1. The maximum absolute atomic E-state index is 11.6. The zero-order valence-corrected chi connectivity index (χ0v) is 10.7. The van der Waals surface area contributed by atoms with Crippen molar-refractivity contribution >= 4 is 0 Å². The molecule has 2 nitrogen and oxygen atoms in total. The summed E-state index contributed by atoms with van der Waals surface area (Å²) in [5, 5.41) is 0. The lowest BCUT2D eigenvalue weighted by molar-refractivity contribution is 0.627. The van der Waals surface area contributed by atoms with Crippen LogP contribution < -0.4 is 5.43 Å². The first-order valence-electron chi connectivity index (χ1n) is 6.34. The van der Waals surface area contributed by atoms with E-state index in [1.54, 1.807) is 6.07 Å². The molecule has 0 radical (unpaired) electrons. The second-order valence-electron chi connectivity index (χ2n) is 4.57. The van der Waals surface area contributed by atoms with Crippen molar-refractivity contribution in [1.29, 1.82) is 0 Å². The number of nitrogens with one attached hydrogen (secondary N) is 1. The van der Waals surface area contributed by atoms with E-state index < -0.39 is 0 Å². The fraction of sp³-hybridized carbons (Fsp3) is 0.643. The predicted molar refractivity (Wildman–Crippen MR) is 69.0 cm³/mol. The Morgan fingerprint density at radius 2 is 1.81 bits per heavy atom. The van der Waals surface area contributed by atoms with Gasteiger partial charge in [0.2, 0.25) is 0 Å². The molecule has 0 aliphatic carbocycles. The molecule has 0 amide bonds. The van der Waals surface area contributed by atoms with Crippen molar-refractivity contribution in [2.75, 3.05) is 0 Å². The zero-order valence-electron chi connectivity index (χ0n) is 10.7. The molecule has 0 spiro atoms. The van der Waals surface area contributed by atoms with Gasteiger partial charge in [-0.25, -0.2) is 0 Å². The average Bonchev–Trinajstić information content (AvgIpc) is 2.25. The van der Waals surface area contributed by atoms with Crippen LogP contribution in [0.15, 0.2) is 10.9 Å². The van der Waals surface area contributed by atoms with Gasteiger partial charge in [0.15, 0.2) is 5.43 Å². The first-order chi connectivity index (χ1) is 7.65. The maximum atomic E-state index is 11.6. The number of aromatic amines is 1. The zero-order chi connectivity index (χ0) is 12.0. The van der Waals surface area contributed by atoms with Gasteiger partial charge < -0.3 is 4.98 Å². The molecule has 1 aromatic rings. The van der Waals surface area contributed by atoms with Gasteiger partial charge in [0.05, 0.1) is 0 Å². The number of aryl methyl sites for hydroxylation is 2. The molecule has 0 unspecified atom stereocenters. The summed E-state index contributed by atoms with van der Waals surface area (Å²) in [7, 11) is 0. The molecule has 0 saturated heterocycles. The number of hydrogen-bond acceptors (Lipinski definition) is 1. The van der Waals surface area contributed by atoms with Crippen LogP contribution in [0.2, 0.25) is 0 Å². The van der Waals surface area contributed by atoms with Crippen LogP contribution in [0.4, 0.5) is 0 Å². The van der Waals surface area contributed by atoms with Crippen LogP contribution in [0.1, 0.15) is 56.0 Å². The van der Waals surface area contributed by atoms with E-state index in [9.17, 15) is 4.79 Å². The third-order valence-electron chi connectivity index (χ3n) is 3.14. The van der Waals surface area contributed by atoms with Gasteiger partial charge in [0.1, 0.15) is 0 Å². The molecule has 1 N–H and O–H groups in total. The summed E-state index contributed by atoms with van der Waals surface area (Å²) in [6.45, 7) is 6.07. The quantitative estimate of drug-likeness (QED) is 0.733. The standard InChI is InChI=1S/C14H23NO/c1-4-5-6-7-8-9-13-10-14(16)11(2)12(3)15-13/h10H,4-9H2,1-3H3,(H,15,16). The van der Waals surface area contributed by atoms with Crippen molar-refractivity contribution in [3.8, 4) is 0 Å². The Bertz CT molecular complexity index is 379. The Hall–Kier alpha value is -1.05. The highest BCUT2D eigenvalue weighted by molar-refractivity contribution is 5.20. The lowest BCUT2D eigenvalue weighted by atomic mass is 10.1. The van der Waals surface area contributed by atoms with Crippen molar-refractivity contribution in [1.82, 2.24) is 4.98 Å². The van der Waals surface area contributed by atoms with E-state index in [0.29, 0.717) is 0 Å². The number of pyridine rings is 1. The molecule has 0 aliphatic heterocycles. The summed E-state index contributed by atoms with van der Waals surface area (Å²) >= 11 is 0. The third kappa shape index (κ3) is 3.84. The van der Waals surface area contributed by atoms with Crippen LogP contribution in [0, 0.1) is 13.8 Å². The van der Waals surface area contributed by atoms with Crippen LogP contribution >= 0.6 is 0 Å². The van der Waals surface area contributed by atoms with E-state index in [-0.39, 0.29) is 5.43 Å². The predicted octanol–water partition coefficient (Wildman–Crippen LogP) is 3.50. The summed E-state index contributed by atoms with van der Waals surface area (Å²) < 4.78 is 0. The van der Waals surface area contributed by atoms with Crippen molar-refractivity contribution in [2.24, 2.45) is 0 Å². The van der Waals surface area contributed by atoms with Crippen molar-refractivity contribution in [2.45, 2.75) is 59.3 Å². The smallest absolute Gasteiger partial charge is 0.184 e. The van der Waals surface area contributed by atoms with Crippen LogP contribution in [0.5, 0.6) is 0 Å². The molecule has 2 heteroatoms. The molecule has 1 heterocycles. The van der Waals surface area contributed by atoms with Gasteiger partial charge in [-0.1, -0.05) is 32.6 Å². The van der Waals surface area contributed by atoms with Gasteiger partial charge in [-0.3, -0.25) is 4.79 Å². The van der Waals surface area contributed by atoms with Gasteiger partial charge in [-0.15, -0.1) is 0 Å². The van der Waals surface area contributed by atoms with E-state index in [0.717, 1.165) is 23.4 Å². The van der Waals surface area contributed by atoms with E-state index in [1.165, 1.54) is 32.1 Å². The highest BCUT2D eigenvalue weighted by atomic mass is 16.1. The molecule has 16 heavy (non-hydrogen) atoms. The molecule has 0 aromatic carbocycles. The van der Waals surface area contributed by atoms with E-state index in [1.807, 2.05) is 13.8 Å². The lowest BCUT2D eigenvalue weighted by Gasteiger charge is -2.05. The normalized spacial score (nSPS) is 10.7. The molecule has 90 valence electrons. The molecule has 1 aromatic heterocycles. The largest absolute Gasteiger partial charge is 0.362 e. The first kappa shape index (κ1) is 13.0. The minimum Gasteiger partial charge on any atom is -0.362 e. The molecule has 0 fully saturated rings. The van der Waals surface area contributed by atoms with Crippen LogP contribution in [-0.4, -0.2) is 4.98 Å². The van der Waals surface area contributed by atoms with Crippen molar-refractivity contribution in [3.63, 3.8) is 0 Å². The minimum absolute atomic E-state index is 0.166. The molecule has 1 rings (SSSR count). The van der Waals surface area contributed by atoms with Crippen molar-refractivity contribution in [3.05, 3.63) is 33.2 Å². The fourth-order valence-corrected chi connectivity index (χ4v) is 1.88. The topological polar surface area (TPSA) is 32.9 Å². The summed E-state index contributed by atoms with van der Waals surface area (Å²) in [6.07, 6.45) is 7.36. The Morgan fingerprint density at radius 3 is 2.44 bits per heavy atom. The molecular formula is C14H23NO. The molecule has 0 saturated carbocycles. The SMILES string of the molecule is CCCCCCCc1cc(=O)c(C)c(C)[nH]1. The highest BCUT2D eigenvalue weighted by Crippen LogP contribution is 2.07. The number of H-pyrrole nitrogens is 1. The second kappa shape index (κ2) is 6.51. The van der Waals surface area contributed by atoms with Crippen LogP contribution in [0.3, 0.4) is 0 Å². The number of unbranched alkanes of at least 4 members (excludes halogenated alkanes) is 4. The summed E-state index contributed by atoms with van der Waals surface area (Å²) in [5.41, 5.74) is 3.11. The molecule has 0 atom stereocenters. The van der Waals surface area contributed by atoms with E-state index in [4.69, 9.17) is 0 Å². The van der Waals surface area contributed by atoms with E-state index in [2.05, 4.69) is 11.9 Å². The van der Waals surface area contributed by atoms with Gasteiger partial charge in [-0.2, -0.15) is 0 Å². The monoisotopic (exact) mass is 221 g/mol. The molecule has 0 bridgehead atoms. The highest BCUT2D eigenvalue weighted by Gasteiger charge is 2.01. The van der Waals surface area contributed by atoms with Gasteiger partial charge in [-0.05, 0) is 26.7 Å². The summed E-state index contributed by atoms with van der Waals surface area (Å²) in [5.74, 6) is 0. The lowest BCUT2D eigenvalue weighted by Crippen LogP contribution is -2.10. The second-order valence-corrected chi connectivity index (χ2v) is 4.57. The average molecular weight is 221 g/mol. The van der Waals surface area contributed by atoms with Gasteiger partial charge in [0, 0.05) is 23.0 Å². The summed E-state index contributed by atoms with van der Waals surface area (Å²) in [6, 6.07) is 1.75. The maximum Gasteiger partial charge on any atom is 0.184 e. The number of rotatable bonds is 6. The van der Waals surface area contributed by atoms with Crippen LogP contribution in [0.25, 0.3) is 0 Å². The Kier molecular flexibility index (Phi) is 5.30. The fourth-order valence-electron chi connectivity index (χ4n) is 1.88. The minimum atomic E-state index is 0.166. The Morgan fingerprint density at radius 1 is 1.12 bits per heavy atom. The van der Waals surface area contributed by atoms with Gasteiger partial charge in [0.25, 0.3) is 0 Å². The molecular weight excluding hydrogens is 198 g/mol.